The molecule has 0 radical (unpaired) electrons. The van der Waals surface area contributed by atoms with Crippen LogP contribution in [0, 0.1) is 0 Å². The van der Waals surface area contributed by atoms with E-state index in [2.05, 4.69) is 5.32 Å². The van der Waals surface area contributed by atoms with Crippen LogP contribution in [0.4, 0.5) is 5.69 Å². The number of nitrogens with one attached hydrogen (secondary N) is 1. The van der Waals surface area contributed by atoms with Gasteiger partial charge in [-0.3, -0.25) is 0 Å². The number of unbranched alkanes of at least 4 members (excludes halogenated alkanes) is 1. The highest BCUT2D eigenvalue weighted by Gasteiger charge is 1.92. The highest BCUT2D eigenvalue weighted by atomic mass is 16.2. The van der Waals surface area contributed by atoms with Crippen LogP contribution in [0.2, 0.25) is 0 Å². The number of aliphatic hydroxyl groups is 1. The van der Waals surface area contributed by atoms with Crippen LogP contribution < -0.4 is 11.1 Å². The molecule has 1 aromatic carbocycles. The molecule has 0 bridgehead atoms. The first kappa shape index (κ1) is 11.0. The molecule has 0 fully saturated rings. The van der Waals surface area contributed by atoms with Crippen LogP contribution in [0.25, 0.3) is 0 Å². The molecule has 0 heterocycles. The van der Waals surface area contributed by atoms with E-state index in [1.807, 2.05) is 24.3 Å². The van der Waals surface area contributed by atoms with Gasteiger partial charge in [0.2, 0.25) is 0 Å². The van der Waals surface area contributed by atoms with Crippen molar-refractivity contribution in [3.8, 4) is 0 Å². The molecule has 0 saturated carbocycles. The number of anilines is 1. The van der Waals surface area contributed by atoms with Gasteiger partial charge in [0, 0.05) is 25.4 Å². The molecule has 0 aliphatic carbocycles. The lowest BCUT2D eigenvalue weighted by Crippen LogP contribution is -2.02. The summed E-state index contributed by atoms with van der Waals surface area (Å²) in [5, 5.41) is 11.9. The maximum Gasteiger partial charge on any atom is 0.0431 e. The van der Waals surface area contributed by atoms with E-state index >= 15 is 0 Å². The van der Waals surface area contributed by atoms with Gasteiger partial charge in [0.05, 0.1) is 0 Å². The second kappa shape index (κ2) is 6.40. The first-order valence-corrected chi connectivity index (χ1v) is 5.00. The Morgan fingerprint density at radius 1 is 1.14 bits per heavy atom. The topological polar surface area (TPSA) is 58.3 Å². The standard InChI is InChI=1S/C11H18N2O/c12-9-10-3-5-11(6-4-10)13-7-1-2-8-14/h3-6,13-14H,1-2,7-9,12H2. The second-order valence-electron chi connectivity index (χ2n) is 3.26. The third-order valence-electron chi connectivity index (χ3n) is 2.10. The molecule has 1 aromatic rings. The van der Waals surface area contributed by atoms with Gasteiger partial charge in [0.15, 0.2) is 0 Å². The predicted octanol–water partition coefficient (Wildman–Crippen LogP) is 1.33. The quantitative estimate of drug-likeness (QED) is 0.599. The van der Waals surface area contributed by atoms with E-state index in [1.54, 1.807) is 0 Å². The van der Waals surface area contributed by atoms with Crippen LogP contribution in [0.5, 0.6) is 0 Å². The maximum atomic E-state index is 8.59. The van der Waals surface area contributed by atoms with E-state index in [0.29, 0.717) is 6.54 Å². The van der Waals surface area contributed by atoms with Crippen LogP contribution in [-0.2, 0) is 6.54 Å². The van der Waals surface area contributed by atoms with Crippen molar-refractivity contribution in [1.82, 2.24) is 0 Å². The van der Waals surface area contributed by atoms with Crippen molar-refractivity contribution in [2.45, 2.75) is 19.4 Å². The fraction of sp³-hybridized carbons (Fsp3) is 0.455. The monoisotopic (exact) mass is 194 g/mol. The van der Waals surface area contributed by atoms with E-state index in [0.717, 1.165) is 30.6 Å². The normalized spacial score (nSPS) is 10.1. The molecule has 4 N–H and O–H groups in total. The minimum atomic E-state index is 0.272. The summed E-state index contributed by atoms with van der Waals surface area (Å²) in [4.78, 5) is 0. The summed E-state index contributed by atoms with van der Waals surface area (Å²) in [5.74, 6) is 0. The van der Waals surface area contributed by atoms with Crippen LogP contribution in [0.1, 0.15) is 18.4 Å². The molecule has 0 spiro atoms. The van der Waals surface area contributed by atoms with E-state index in [4.69, 9.17) is 10.8 Å². The summed E-state index contributed by atoms with van der Waals surface area (Å²) in [5.41, 5.74) is 7.75. The van der Waals surface area contributed by atoms with Crippen LogP contribution in [0.15, 0.2) is 24.3 Å². The van der Waals surface area contributed by atoms with Crippen molar-refractivity contribution >= 4 is 5.69 Å². The minimum absolute atomic E-state index is 0.272. The molecule has 3 heteroatoms. The Labute approximate surface area is 84.9 Å². The highest BCUT2D eigenvalue weighted by molar-refractivity contribution is 5.44. The lowest BCUT2D eigenvalue weighted by Gasteiger charge is -2.06. The minimum Gasteiger partial charge on any atom is -0.396 e. The Balaban J connectivity index is 2.29. The molecule has 0 atom stereocenters. The molecule has 0 saturated heterocycles. The summed E-state index contributed by atoms with van der Waals surface area (Å²) in [6, 6.07) is 8.10. The number of benzene rings is 1. The van der Waals surface area contributed by atoms with Gasteiger partial charge >= 0.3 is 0 Å². The lowest BCUT2D eigenvalue weighted by atomic mass is 10.2. The number of aliphatic hydroxyl groups excluding tert-OH is 1. The first-order chi connectivity index (χ1) is 6.86. The maximum absolute atomic E-state index is 8.59. The molecule has 0 unspecified atom stereocenters. The summed E-state index contributed by atoms with van der Waals surface area (Å²) in [6.07, 6.45) is 1.85. The molecule has 0 aliphatic rings. The molecule has 0 amide bonds. The third-order valence-corrected chi connectivity index (χ3v) is 2.10. The Morgan fingerprint density at radius 2 is 1.86 bits per heavy atom. The van der Waals surface area contributed by atoms with Gasteiger partial charge in [-0.15, -0.1) is 0 Å². The van der Waals surface area contributed by atoms with Crippen molar-refractivity contribution in [2.24, 2.45) is 5.73 Å². The van der Waals surface area contributed by atoms with Crippen molar-refractivity contribution in [1.29, 1.82) is 0 Å². The van der Waals surface area contributed by atoms with Gasteiger partial charge < -0.3 is 16.2 Å². The van der Waals surface area contributed by atoms with E-state index in [1.165, 1.54) is 0 Å². The predicted molar refractivity (Wildman–Crippen MR) is 59.1 cm³/mol. The van der Waals surface area contributed by atoms with Gasteiger partial charge in [-0.05, 0) is 30.5 Å². The summed E-state index contributed by atoms with van der Waals surface area (Å²) in [6.45, 7) is 1.76. The van der Waals surface area contributed by atoms with E-state index < -0.39 is 0 Å². The number of rotatable bonds is 6. The van der Waals surface area contributed by atoms with Crippen molar-refractivity contribution < 1.29 is 5.11 Å². The molecule has 0 aliphatic heterocycles. The molecule has 0 aromatic heterocycles. The lowest BCUT2D eigenvalue weighted by molar-refractivity contribution is 0.286. The second-order valence-corrected chi connectivity index (χ2v) is 3.26. The molecule has 14 heavy (non-hydrogen) atoms. The first-order valence-electron chi connectivity index (χ1n) is 5.00. The van der Waals surface area contributed by atoms with Crippen molar-refractivity contribution in [3.05, 3.63) is 29.8 Å². The zero-order valence-electron chi connectivity index (χ0n) is 8.37. The number of nitrogens with two attached hydrogens (primary N) is 1. The van der Waals surface area contributed by atoms with Crippen LogP contribution >= 0.6 is 0 Å². The van der Waals surface area contributed by atoms with Gasteiger partial charge in [0.1, 0.15) is 0 Å². The zero-order valence-corrected chi connectivity index (χ0v) is 8.37. The number of hydrogen-bond donors (Lipinski definition) is 3. The summed E-state index contributed by atoms with van der Waals surface area (Å²) in [7, 11) is 0. The molecule has 1 rings (SSSR count). The molecule has 78 valence electrons. The third kappa shape index (κ3) is 3.77. The molecular formula is C11H18N2O. The Hall–Kier alpha value is -1.06. The van der Waals surface area contributed by atoms with E-state index in [9.17, 15) is 0 Å². The average Bonchev–Trinajstić information content (AvgIpc) is 2.25. The number of hydrogen-bond acceptors (Lipinski definition) is 3. The molecule has 3 nitrogen and oxygen atoms in total. The summed E-state index contributed by atoms with van der Waals surface area (Å²) >= 11 is 0. The largest absolute Gasteiger partial charge is 0.396 e. The van der Waals surface area contributed by atoms with Gasteiger partial charge in [-0.1, -0.05) is 12.1 Å². The van der Waals surface area contributed by atoms with Crippen LogP contribution in [0.3, 0.4) is 0 Å². The highest BCUT2D eigenvalue weighted by Crippen LogP contribution is 2.08. The summed E-state index contributed by atoms with van der Waals surface area (Å²) < 4.78 is 0. The average molecular weight is 194 g/mol. The van der Waals surface area contributed by atoms with Gasteiger partial charge in [-0.25, -0.2) is 0 Å². The Morgan fingerprint density at radius 3 is 2.43 bits per heavy atom. The molecular weight excluding hydrogens is 176 g/mol. The fourth-order valence-corrected chi connectivity index (χ4v) is 1.23. The zero-order chi connectivity index (χ0) is 10.2. The van der Waals surface area contributed by atoms with E-state index in [-0.39, 0.29) is 6.61 Å². The SMILES string of the molecule is NCc1ccc(NCCCCO)cc1. The van der Waals surface area contributed by atoms with Gasteiger partial charge in [0.25, 0.3) is 0 Å². The van der Waals surface area contributed by atoms with Crippen LogP contribution in [-0.4, -0.2) is 18.3 Å². The smallest absolute Gasteiger partial charge is 0.0431 e. The van der Waals surface area contributed by atoms with Crippen molar-refractivity contribution in [2.75, 3.05) is 18.5 Å². The Bertz CT molecular complexity index is 246. The Kier molecular flexibility index (Phi) is 5.04. The van der Waals surface area contributed by atoms with Crippen molar-refractivity contribution in [3.63, 3.8) is 0 Å². The fourth-order valence-electron chi connectivity index (χ4n) is 1.23. The van der Waals surface area contributed by atoms with Gasteiger partial charge in [-0.2, -0.15) is 0 Å².